The molecule has 2 atom stereocenters. The van der Waals surface area contributed by atoms with Crippen molar-refractivity contribution in [2.45, 2.75) is 76.5 Å². The SMILES string of the molecule is CCCC1(CCC)C[C@@H](NC(=O)Nc2cccc3c2C[C@H](O)C3)c2cc(F)ccc2O1. The highest BCUT2D eigenvalue weighted by molar-refractivity contribution is 5.90. The van der Waals surface area contributed by atoms with Gasteiger partial charge < -0.3 is 20.5 Å². The maximum Gasteiger partial charge on any atom is 0.319 e. The fraction of sp³-hybridized carbons (Fsp3) is 0.480. The largest absolute Gasteiger partial charge is 0.487 e. The highest BCUT2D eigenvalue weighted by Crippen LogP contribution is 2.44. The summed E-state index contributed by atoms with van der Waals surface area (Å²) in [5.74, 6) is 0.298. The topological polar surface area (TPSA) is 70.6 Å². The summed E-state index contributed by atoms with van der Waals surface area (Å²) in [6.07, 6.45) is 5.02. The molecule has 2 aliphatic rings. The molecule has 2 aromatic carbocycles. The second-order valence-electron chi connectivity index (χ2n) is 8.83. The Labute approximate surface area is 183 Å². The Hall–Kier alpha value is -2.60. The number of hydrogen-bond donors (Lipinski definition) is 3. The predicted octanol–water partition coefficient (Wildman–Crippen LogP) is 5.27. The second-order valence-corrected chi connectivity index (χ2v) is 8.83. The van der Waals surface area contributed by atoms with Gasteiger partial charge in [-0.25, -0.2) is 9.18 Å². The molecule has 4 rings (SSSR count). The first-order valence-corrected chi connectivity index (χ1v) is 11.3. The molecule has 1 heterocycles. The summed E-state index contributed by atoms with van der Waals surface area (Å²) in [6, 6.07) is 9.57. The molecule has 5 nitrogen and oxygen atoms in total. The van der Waals surface area contributed by atoms with Gasteiger partial charge in [0.1, 0.15) is 17.2 Å². The van der Waals surface area contributed by atoms with Crippen LogP contribution in [0.4, 0.5) is 14.9 Å². The molecule has 3 N–H and O–H groups in total. The number of hydrogen-bond acceptors (Lipinski definition) is 3. The molecule has 2 amide bonds. The van der Waals surface area contributed by atoms with Crippen molar-refractivity contribution >= 4 is 11.7 Å². The molecule has 0 radical (unpaired) electrons. The maximum absolute atomic E-state index is 14.0. The number of anilines is 1. The van der Waals surface area contributed by atoms with Crippen molar-refractivity contribution < 1.29 is 19.0 Å². The summed E-state index contributed by atoms with van der Waals surface area (Å²) in [5, 5.41) is 16.0. The van der Waals surface area contributed by atoms with Crippen LogP contribution in [0.1, 0.15) is 68.7 Å². The van der Waals surface area contributed by atoms with Gasteiger partial charge in [0.25, 0.3) is 0 Å². The van der Waals surface area contributed by atoms with E-state index in [4.69, 9.17) is 4.74 Å². The van der Waals surface area contributed by atoms with Gasteiger partial charge in [0.15, 0.2) is 0 Å². The number of urea groups is 1. The number of halogens is 1. The van der Waals surface area contributed by atoms with Crippen molar-refractivity contribution in [3.63, 3.8) is 0 Å². The fourth-order valence-corrected chi connectivity index (χ4v) is 5.18. The van der Waals surface area contributed by atoms with Crippen molar-refractivity contribution in [3.05, 3.63) is 58.9 Å². The zero-order valence-corrected chi connectivity index (χ0v) is 18.2. The quantitative estimate of drug-likeness (QED) is 0.589. The summed E-state index contributed by atoms with van der Waals surface area (Å²) in [7, 11) is 0. The van der Waals surface area contributed by atoms with Crippen LogP contribution in [0.2, 0.25) is 0 Å². The van der Waals surface area contributed by atoms with Gasteiger partial charge in [-0.2, -0.15) is 0 Å². The van der Waals surface area contributed by atoms with Crippen LogP contribution in [-0.2, 0) is 12.8 Å². The van der Waals surface area contributed by atoms with Gasteiger partial charge in [0, 0.05) is 24.1 Å². The van der Waals surface area contributed by atoms with E-state index in [9.17, 15) is 14.3 Å². The van der Waals surface area contributed by atoms with Crippen LogP contribution in [0.15, 0.2) is 36.4 Å². The minimum Gasteiger partial charge on any atom is -0.487 e. The molecule has 1 aliphatic heterocycles. The third-order valence-corrected chi connectivity index (χ3v) is 6.38. The van der Waals surface area contributed by atoms with Crippen LogP contribution in [0.5, 0.6) is 5.75 Å². The van der Waals surface area contributed by atoms with Gasteiger partial charge in [-0.1, -0.05) is 38.8 Å². The van der Waals surface area contributed by atoms with Crippen LogP contribution < -0.4 is 15.4 Å². The highest BCUT2D eigenvalue weighted by Gasteiger charge is 2.40. The van der Waals surface area contributed by atoms with Crippen LogP contribution >= 0.6 is 0 Å². The number of aliphatic hydroxyl groups is 1. The predicted molar refractivity (Wildman–Crippen MR) is 119 cm³/mol. The minimum atomic E-state index is -0.407. The molecular weight excluding hydrogens is 395 g/mol. The summed E-state index contributed by atoms with van der Waals surface area (Å²) in [4.78, 5) is 13.0. The Bertz CT molecular complexity index is 956. The molecule has 6 heteroatoms. The van der Waals surface area contributed by atoms with E-state index in [2.05, 4.69) is 24.5 Å². The summed E-state index contributed by atoms with van der Waals surface area (Å²) < 4.78 is 20.4. The van der Waals surface area contributed by atoms with Crippen molar-refractivity contribution in [2.75, 3.05) is 5.32 Å². The molecule has 0 fully saturated rings. The van der Waals surface area contributed by atoms with Gasteiger partial charge >= 0.3 is 6.03 Å². The van der Waals surface area contributed by atoms with Crippen molar-refractivity contribution in [2.24, 2.45) is 0 Å². The van der Waals surface area contributed by atoms with E-state index in [1.165, 1.54) is 12.1 Å². The van der Waals surface area contributed by atoms with E-state index < -0.39 is 6.10 Å². The molecule has 0 spiro atoms. The molecule has 166 valence electrons. The number of nitrogens with one attached hydrogen (secondary N) is 2. The molecule has 0 saturated heterocycles. The van der Waals surface area contributed by atoms with E-state index >= 15 is 0 Å². The fourth-order valence-electron chi connectivity index (χ4n) is 5.18. The number of ether oxygens (including phenoxy) is 1. The third-order valence-electron chi connectivity index (χ3n) is 6.38. The molecule has 0 unspecified atom stereocenters. The van der Waals surface area contributed by atoms with E-state index in [0.29, 0.717) is 36.3 Å². The highest BCUT2D eigenvalue weighted by atomic mass is 19.1. The Morgan fingerprint density at radius 3 is 2.71 bits per heavy atom. The van der Waals surface area contributed by atoms with Crippen molar-refractivity contribution in [3.8, 4) is 5.75 Å². The maximum atomic E-state index is 14.0. The monoisotopic (exact) mass is 426 g/mol. The van der Waals surface area contributed by atoms with E-state index in [1.807, 2.05) is 18.2 Å². The van der Waals surface area contributed by atoms with Crippen LogP contribution in [0, 0.1) is 5.82 Å². The molecule has 0 saturated carbocycles. The van der Waals surface area contributed by atoms with E-state index in [-0.39, 0.29) is 23.5 Å². The minimum absolute atomic E-state index is 0.334. The number of benzene rings is 2. The number of rotatable bonds is 6. The average molecular weight is 427 g/mol. The number of aliphatic hydroxyl groups excluding tert-OH is 1. The Balaban J connectivity index is 1.57. The number of carbonyl (C=O) groups excluding carboxylic acids is 1. The van der Waals surface area contributed by atoms with Gasteiger partial charge in [0.2, 0.25) is 0 Å². The van der Waals surface area contributed by atoms with E-state index in [1.54, 1.807) is 6.07 Å². The smallest absolute Gasteiger partial charge is 0.319 e. The molecular formula is C25H31FN2O3. The molecule has 31 heavy (non-hydrogen) atoms. The lowest BCUT2D eigenvalue weighted by Crippen LogP contribution is -2.46. The van der Waals surface area contributed by atoms with Gasteiger partial charge in [-0.05, 0) is 54.7 Å². The summed E-state index contributed by atoms with van der Waals surface area (Å²) in [5.41, 5.74) is 3.06. The first-order chi connectivity index (χ1) is 14.9. The first kappa shape index (κ1) is 21.6. The number of carbonyl (C=O) groups is 1. The Morgan fingerprint density at radius 2 is 1.97 bits per heavy atom. The standard InChI is InChI=1S/C25H31FN2O3/c1-3-10-25(11-4-2)15-22(20-13-17(26)8-9-23(20)31-25)28-24(30)27-21-7-5-6-16-12-18(29)14-19(16)21/h5-9,13,18,22,29H,3-4,10-12,14-15H2,1-2H3,(H2,27,28,30)/t18-,22-/m1/s1. The van der Waals surface area contributed by atoms with Crippen molar-refractivity contribution in [1.82, 2.24) is 5.32 Å². The van der Waals surface area contributed by atoms with Gasteiger partial charge in [-0.15, -0.1) is 0 Å². The van der Waals surface area contributed by atoms with Crippen LogP contribution in [0.25, 0.3) is 0 Å². The lowest BCUT2D eigenvalue weighted by atomic mass is 9.81. The third kappa shape index (κ3) is 4.54. The Kier molecular flexibility index (Phi) is 6.19. The molecule has 2 aromatic rings. The van der Waals surface area contributed by atoms with Crippen LogP contribution in [-0.4, -0.2) is 22.8 Å². The summed E-state index contributed by atoms with van der Waals surface area (Å²) in [6.45, 7) is 4.25. The van der Waals surface area contributed by atoms with Crippen molar-refractivity contribution in [1.29, 1.82) is 0 Å². The number of amides is 2. The lowest BCUT2D eigenvalue weighted by Gasteiger charge is -2.42. The first-order valence-electron chi connectivity index (χ1n) is 11.3. The second kappa shape index (κ2) is 8.87. The Morgan fingerprint density at radius 1 is 1.19 bits per heavy atom. The average Bonchev–Trinajstić information content (AvgIpc) is 3.10. The zero-order chi connectivity index (χ0) is 22.0. The van der Waals surface area contributed by atoms with Crippen LogP contribution in [0.3, 0.4) is 0 Å². The number of fused-ring (bicyclic) bond motifs is 2. The van der Waals surface area contributed by atoms with Gasteiger partial charge in [-0.3, -0.25) is 0 Å². The van der Waals surface area contributed by atoms with E-state index in [0.717, 1.165) is 36.8 Å². The molecule has 0 aromatic heterocycles. The lowest BCUT2D eigenvalue weighted by molar-refractivity contribution is 0.0145. The molecule has 0 bridgehead atoms. The normalized spacial score (nSPS) is 21.0. The zero-order valence-electron chi connectivity index (χ0n) is 18.2. The summed E-state index contributed by atoms with van der Waals surface area (Å²) >= 11 is 0. The van der Waals surface area contributed by atoms with Gasteiger partial charge in [0.05, 0.1) is 12.1 Å². The molecule has 1 aliphatic carbocycles.